The predicted molar refractivity (Wildman–Crippen MR) is 70.6 cm³/mol. The first-order valence-corrected chi connectivity index (χ1v) is 6.49. The molecule has 0 heterocycles. The number of carbonyl (C=O) groups excluding carboxylic acids is 1. The van der Waals surface area contributed by atoms with Crippen LogP contribution in [-0.2, 0) is 4.79 Å². The molecule has 102 valence electrons. The van der Waals surface area contributed by atoms with Gasteiger partial charge in [0.25, 0.3) is 0 Å². The zero-order valence-corrected chi connectivity index (χ0v) is 11.6. The molecule has 0 radical (unpaired) electrons. The number of nitrogens with one attached hydrogen (secondary N) is 1. The quantitative estimate of drug-likeness (QED) is 0.634. The highest BCUT2D eigenvalue weighted by Gasteiger charge is 2.27. The van der Waals surface area contributed by atoms with Gasteiger partial charge in [-0.25, -0.2) is 0 Å². The second kappa shape index (κ2) is 7.67. The van der Waals surface area contributed by atoms with Gasteiger partial charge in [-0.05, 0) is 18.3 Å². The van der Waals surface area contributed by atoms with Gasteiger partial charge in [-0.3, -0.25) is 4.79 Å². The maximum Gasteiger partial charge on any atom is 0.237 e. The highest BCUT2D eigenvalue weighted by atomic mass is 16.3. The Balaban J connectivity index is 4.30. The van der Waals surface area contributed by atoms with Gasteiger partial charge >= 0.3 is 0 Å². The van der Waals surface area contributed by atoms with Crippen LogP contribution in [0.3, 0.4) is 0 Å². The van der Waals surface area contributed by atoms with Crippen molar-refractivity contribution in [2.75, 3.05) is 6.61 Å². The summed E-state index contributed by atoms with van der Waals surface area (Å²) in [6, 6.07) is -0.467. The van der Waals surface area contributed by atoms with E-state index in [0.717, 1.165) is 19.3 Å². The molecule has 0 bridgehead atoms. The Morgan fingerprint density at radius 1 is 1.35 bits per heavy atom. The molecule has 1 amide bonds. The number of aliphatic hydroxyl groups is 1. The minimum Gasteiger partial charge on any atom is -0.396 e. The van der Waals surface area contributed by atoms with Crippen LogP contribution in [0.5, 0.6) is 0 Å². The van der Waals surface area contributed by atoms with Gasteiger partial charge in [0.1, 0.15) is 0 Å². The Morgan fingerprint density at radius 2 is 1.94 bits per heavy atom. The summed E-state index contributed by atoms with van der Waals surface area (Å²) in [5.41, 5.74) is 5.75. The van der Waals surface area contributed by atoms with Crippen LogP contribution in [0.1, 0.15) is 53.4 Å². The number of unbranched alkanes of at least 4 members (excludes halogenated alkanes) is 1. The SMILES string of the molecule is CCCCC(N)C(=O)NC(CCO)C(C)(C)C. The van der Waals surface area contributed by atoms with Gasteiger partial charge in [0.2, 0.25) is 5.91 Å². The number of nitrogens with two attached hydrogens (primary N) is 1. The number of hydrogen-bond donors (Lipinski definition) is 3. The van der Waals surface area contributed by atoms with Crippen LogP contribution < -0.4 is 11.1 Å². The third kappa shape index (κ3) is 6.64. The van der Waals surface area contributed by atoms with E-state index in [2.05, 4.69) is 12.2 Å². The third-order valence-corrected chi connectivity index (χ3v) is 2.99. The lowest BCUT2D eigenvalue weighted by atomic mass is 9.84. The molecule has 0 saturated carbocycles. The van der Waals surface area contributed by atoms with E-state index in [0.29, 0.717) is 6.42 Å². The smallest absolute Gasteiger partial charge is 0.237 e. The predicted octanol–water partition coefficient (Wildman–Crippen LogP) is 1.42. The van der Waals surface area contributed by atoms with Crippen LogP contribution >= 0.6 is 0 Å². The van der Waals surface area contributed by atoms with Crippen LogP contribution in [0.4, 0.5) is 0 Å². The summed E-state index contributed by atoms with van der Waals surface area (Å²) in [7, 11) is 0. The molecule has 0 aromatic rings. The first-order valence-electron chi connectivity index (χ1n) is 6.49. The van der Waals surface area contributed by atoms with Crippen molar-refractivity contribution in [2.45, 2.75) is 65.5 Å². The van der Waals surface area contributed by atoms with Gasteiger partial charge < -0.3 is 16.2 Å². The van der Waals surface area contributed by atoms with E-state index in [4.69, 9.17) is 10.8 Å². The molecule has 2 unspecified atom stereocenters. The average molecular weight is 244 g/mol. The van der Waals surface area contributed by atoms with Crippen molar-refractivity contribution in [3.63, 3.8) is 0 Å². The van der Waals surface area contributed by atoms with Crippen molar-refractivity contribution in [3.8, 4) is 0 Å². The van der Waals surface area contributed by atoms with Crippen molar-refractivity contribution in [3.05, 3.63) is 0 Å². The summed E-state index contributed by atoms with van der Waals surface area (Å²) < 4.78 is 0. The summed E-state index contributed by atoms with van der Waals surface area (Å²) in [6.45, 7) is 8.29. The number of aliphatic hydroxyl groups excluding tert-OH is 1. The number of carbonyl (C=O) groups is 1. The maximum atomic E-state index is 11.9. The fraction of sp³-hybridized carbons (Fsp3) is 0.923. The summed E-state index contributed by atoms with van der Waals surface area (Å²) in [5, 5.41) is 12.0. The second-order valence-corrected chi connectivity index (χ2v) is 5.69. The molecule has 4 nitrogen and oxygen atoms in total. The van der Waals surface area contributed by atoms with E-state index >= 15 is 0 Å². The minimum absolute atomic E-state index is 0.0346. The highest BCUT2D eigenvalue weighted by Crippen LogP contribution is 2.21. The Kier molecular flexibility index (Phi) is 7.39. The van der Waals surface area contributed by atoms with Gasteiger partial charge in [-0.1, -0.05) is 40.5 Å². The van der Waals surface area contributed by atoms with E-state index < -0.39 is 6.04 Å². The molecule has 0 aliphatic heterocycles. The summed E-state index contributed by atoms with van der Waals surface area (Å²) in [5.74, 6) is -0.105. The molecule has 0 aliphatic rings. The average Bonchev–Trinajstić information content (AvgIpc) is 2.23. The van der Waals surface area contributed by atoms with E-state index in [-0.39, 0.29) is 24.0 Å². The minimum atomic E-state index is -0.432. The van der Waals surface area contributed by atoms with Crippen molar-refractivity contribution >= 4 is 5.91 Å². The fourth-order valence-electron chi connectivity index (χ4n) is 1.68. The van der Waals surface area contributed by atoms with Crippen molar-refractivity contribution in [1.29, 1.82) is 0 Å². The molecule has 0 aromatic heterocycles. The first kappa shape index (κ1) is 16.4. The van der Waals surface area contributed by atoms with Crippen molar-refractivity contribution in [1.82, 2.24) is 5.32 Å². The van der Waals surface area contributed by atoms with Crippen LogP contribution in [0.15, 0.2) is 0 Å². The van der Waals surface area contributed by atoms with Gasteiger partial charge in [-0.15, -0.1) is 0 Å². The van der Waals surface area contributed by atoms with E-state index in [1.165, 1.54) is 0 Å². The lowest BCUT2D eigenvalue weighted by Gasteiger charge is -2.32. The molecule has 17 heavy (non-hydrogen) atoms. The van der Waals surface area contributed by atoms with Crippen LogP contribution in [0.25, 0.3) is 0 Å². The maximum absolute atomic E-state index is 11.9. The zero-order valence-electron chi connectivity index (χ0n) is 11.6. The molecule has 0 rings (SSSR count). The van der Waals surface area contributed by atoms with Crippen molar-refractivity contribution in [2.24, 2.45) is 11.1 Å². The molecule has 4 N–H and O–H groups in total. The summed E-state index contributed by atoms with van der Waals surface area (Å²) in [4.78, 5) is 11.9. The number of amides is 1. The normalized spacial score (nSPS) is 15.4. The second-order valence-electron chi connectivity index (χ2n) is 5.69. The van der Waals surface area contributed by atoms with E-state index in [1.807, 2.05) is 20.8 Å². The van der Waals surface area contributed by atoms with Gasteiger partial charge in [0, 0.05) is 12.6 Å². The fourth-order valence-corrected chi connectivity index (χ4v) is 1.68. The molecule has 0 fully saturated rings. The van der Waals surface area contributed by atoms with Crippen LogP contribution in [0.2, 0.25) is 0 Å². The molecular formula is C13H28N2O2. The largest absolute Gasteiger partial charge is 0.396 e. The van der Waals surface area contributed by atoms with Gasteiger partial charge in [0.05, 0.1) is 6.04 Å². The zero-order chi connectivity index (χ0) is 13.5. The molecule has 0 saturated heterocycles. The molecule has 0 aliphatic carbocycles. The number of hydrogen-bond acceptors (Lipinski definition) is 3. The topological polar surface area (TPSA) is 75.4 Å². The van der Waals surface area contributed by atoms with Gasteiger partial charge in [-0.2, -0.15) is 0 Å². The lowest BCUT2D eigenvalue weighted by Crippen LogP contribution is -2.50. The van der Waals surface area contributed by atoms with Crippen LogP contribution in [0, 0.1) is 5.41 Å². The first-order chi connectivity index (χ1) is 7.82. The van der Waals surface area contributed by atoms with Crippen LogP contribution in [-0.4, -0.2) is 29.7 Å². The summed E-state index contributed by atoms with van der Waals surface area (Å²) in [6.07, 6.45) is 3.29. The summed E-state index contributed by atoms with van der Waals surface area (Å²) >= 11 is 0. The molecule has 4 heteroatoms. The molecule has 0 spiro atoms. The Bertz CT molecular complexity index is 224. The van der Waals surface area contributed by atoms with E-state index in [1.54, 1.807) is 0 Å². The molecule has 0 aromatic carbocycles. The monoisotopic (exact) mass is 244 g/mol. The standard InChI is InChI=1S/C13H28N2O2/c1-5-6-7-10(14)12(17)15-11(8-9-16)13(2,3)4/h10-11,16H,5-9,14H2,1-4H3,(H,15,17). The molecule has 2 atom stereocenters. The lowest BCUT2D eigenvalue weighted by molar-refractivity contribution is -0.124. The Labute approximate surface area is 105 Å². The Morgan fingerprint density at radius 3 is 2.35 bits per heavy atom. The third-order valence-electron chi connectivity index (χ3n) is 2.99. The highest BCUT2D eigenvalue weighted by molar-refractivity contribution is 5.81. The van der Waals surface area contributed by atoms with Gasteiger partial charge in [0.15, 0.2) is 0 Å². The molecular weight excluding hydrogens is 216 g/mol. The van der Waals surface area contributed by atoms with E-state index in [9.17, 15) is 4.79 Å². The Hall–Kier alpha value is -0.610. The number of rotatable bonds is 7. The van der Waals surface area contributed by atoms with Crippen molar-refractivity contribution < 1.29 is 9.90 Å².